The van der Waals surface area contributed by atoms with Crippen LogP contribution in [0.5, 0.6) is 0 Å². The molecule has 8 aromatic carbocycles. The normalized spacial score (nSPS) is 11.7. The predicted octanol–water partition coefficient (Wildman–Crippen LogP) is 13.4. The smallest absolute Gasteiger partial charge is 0.159 e. The minimum Gasteiger partial charge on any atom is -0.456 e. The number of furan rings is 2. The maximum Gasteiger partial charge on any atom is 0.159 e. The van der Waals surface area contributed by atoms with Crippen LogP contribution in [0.1, 0.15) is 0 Å². The lowest BCUT2D eigenvalue weighted by molar-refractivity contribution is 0.669. The van der Waals surface area contributed by atoms with Crippen molar-refractivity contribution >= 4 is 71.7 Å². The van der Waals surface area contributed by atoms with Crippen molar-refractivity contribution in [1.29, 1.82) is 0 Å². The Bertz CT molecular complexity index is 2830. The molecule has 0 aliphatic rings. The summed E-state index contributed by atoms with van der Waals surface area (Å²) in [5, 5.41) is 6.76. The van der Waals surface area contributed by atoms with Gasteiger partial charge in [-0.1, -0.05) is 127 Å². The number of nitrogens with zero attached hydrogens (tertiary/aromatic N) is 1. The molecular formula is C46H29NO2. The second-order valence-electron chi connectivity index (χ2n) is 12.5. The highest BCUT2D eigenvalue weighted by Gasteiger charge is 2.22. The molecule has 0 bridgehead atoms. The summed E-state index contributed by atoms with van der Waals surface area (Å²) in [7, 11) is 0. The molecule has 0 unspecified atom stereocenters. The van der Waals surface area contributed by atoms with Crippen molar-refractivity contribution in [2.24, 2.45) is 0 Å². The van der Waals surface area contributed by atoms with Gasteiger partial charge >= 0.3 is 0 Å². The van der Waals surface area contributed by atoms with E-state index >= 15 is 0 Å². The summed E-state index contributed by atoms with van der Waals surface area (Å²) < 4.78 is 13.1. The minimum absolute atomic E-state index is 0.858. The highest BCUT2D eigenvalue weighted by Crippen LogP contribution is 2.46. The molecular weight excluding hydrogens is 599 g/mol. The first kappa shape index (κ1) is 27.5. The van der Waals surface area contributed by atoms with Gasteiger partial charge in [0, 0.05) is 38.2 Å². The summed E-state index contributed by atoms with van der Waals surface area (Å²) in [4.78, 5) is 2.33. The highest BCUT2D eigenvalue weighted by molar-refractivity contribution is 6.17. The van der Waals surface area contributed by atoms with Gasteiger partial charge in [0.1, 0.15) is 16.7 Å². The van der Waals surface area contributed by atoms with Gasteiger partial charge in [-0.3, -0.25) is 0 Å². The van der Waals surface area contributed by atoms with E-state index < -0.39 is 0 Å². The van der Waals surface area contributed by atoms with E-state index in [4.69, 9.17) is 8.83 Å². The first-order valence-corrected chi connectivity index (χ1v) is 16.6. The molecule has 2 heterocycles. The van der Waals surface area contributed by atoms with Crippen LogP contribution >= 0.6 is 0 Å². The number of hydrogen-bond acceptors (Lipinski definition) is 3. The minimum atomic E-state index is 0.858. The van der Waals surface area contributed by atoms with E-state index in [9.17, 15) is 0 Å². The number of hydrogen-bond donors (Lipinski definition) is 0. The molecule has 0 N–H and O–H groups in total. The van der Waals surface area contributed by atoms with Gasteiger partial charge in [0.15, 0.2) is 5.58 Å². The number of anilines is 3. The molecule has 2 aromatic heterocycles. The maximum atomic E-state index is 6.87. The highest BCUT2D eigenvalue weighted by atomic mass is 16.3. The van der Waals surface area contributed by atoms with Gasteiger partial charge in [0.05, 0.1) is 11.4 Å². The molecule has 0 aliphatic heterocycles. The fourth-order valence-electron chi connectivity index (χ4n) is 7.33. The molecule has 0 saturated heterocycles. The van der Waals surface area contributed by atoms with Gasteiger partial charge in [-0.15, -0.1) is 0 Å². The Morgan fingerprint density at radius 2 is 1.00 bits per heavy atom. The summed E-state index contributed by atoms with van der Waals surface area (Å²) in [6.45, 7) is 0. The molecule has 10 aromatic rings. The number of benzene rings is 8. The molecule has 0 radical (unpaired) electrons. The van der Waals surface area contributed by atoms with Gasteiger partial charge < -0.3 is 13.7 Å². The molecule has 0 atom stereocenters. The van der Waals surface area contributed by atoms with Crippen LogP contribution in [0.2, 0.25) is 0 Å². The Labute approximate surface area is 282 Å². The summed E-state index contributed by atoms with van der Waals surface area (Å²) >= 11 is 0. The van der Waals surface area contributed by atoms with Gasteiger partial charge in [0.2, 0.25) is 0 Å². The van der Waals surface area contributed by atoms with Crippen LogP contribution in [0.25, 0.3) is 76.9 Å². The van der Waals surface area contributed by atoms with Crippen molar-refractivity contribution in [3.8, 4) is 22.3 Å². The average Bonchev–Trinajstić information content (AvgIpc) is 3.75. The Morgan fingerprint density at radius 1 is 0.347 bits per heavy atom. The topological polar surface area (TPSA) is 29.5 Å². The molecule has 0 fully saturated rings. The summed E-state index contributed by atoms with van der Waals surface area (Å²) in [6, 6.07) is 62.0. The van der Waals surface area contributed by atoms with Crippen molar-refractivity contribution in [3.05, 3.63) is 176 Å². The van der Waals surface area contributed by atoms with Crippen molar-refractivity contribution in [2.75, 3.05) is 4.90 Å². The fourth-order valence-corrected chi connectivity index (χ4v) is 7.33. The monoisotopic (exact) mass is 627 g/mol. The number of rotatable bonds is 5. The molecule has 0 aliphatic carbocycles. The quantitative estimate of drug-likeness (QED) is 0.190. The van der Waals surface area contributed by atoms with E-state index in [2.05, 4.69) is 169 Å². The van der Waals surface area contributed by atoms with Crippen LogP contribution in [0.15, 0.2) is 185 Å². The third kappa shape index (κ3) is 4.44. The van der Waals surface area contributed by atoms with Gasteiger partial charge in [-0.25, -0.2) is 0 Å². The van der Waals surface area contributed by atoms with Crippen LogP contribution in [0, 0.1) is 0 Å². The maximum absolute atomic E-state index is 6.87. The summed E-state index contributed by atoms with van der Waals surface area (Å²) in [5.74, 6) is 0. The zero-order valence-corrected chi connectivity index (χ0v) is 26.5. The Morgan fingerprint density at radius 3 is 1.90 bits per heavy atom. The zero-order valence-electron chi connectivity index (χ0n) is 26.5. The Balaban J connectivity index is 1.17. The molecule has 0 spiro atoms. The summed E-state index contributed by atoms with van der Waals surface area (Å²) in [6.07, 6.45) is 0. The number of para-hydroxylation sites is 3. The largest absolute Gasteiger partial charge is 0.456 e. The van der Waals surface area contributed by atoms with Gasteiger partial charge in [0.25, 0.3) is 0 Å². The first-order chi connectivity index (χ1) is 24.3. The van der Waals surface area contributed by atoms with Crippen LogP contribution in [0.4, 0.5) is 17.1 Å². The molecule has 0 amide bonds. The van der Waals surface area contributed by atoms with E-state index in [-0.39, 0.29) is 0 Å². The van der Waals surface area contributed by atoms with Crippen molar-refractivity contribution < 1.29 is 8.83 Å². The summed E-state index contributed by atoms with van der Waals surface area (Å²) in [5.41, 5.74) is 11.2. The fraction of sp³-hybridized carbons (Fsp3) is 0. The molecule has 0 saturated carbocycles. The Hall–Kier alpha value is -6.58. The van der Waals surface area contributed by atoms with Crippen molar-refractivity contribution in [1.82, 2.24) is 0 Å². The van der Waals surface area contributed by atoms with E-state index in [1.165, 1.54) is 5.39 Å². The third-order valence-electron chi connectivity index (χ3n) is 9.68. The first-order valence-electron chi connectivity index (χ1n) is 16.6. The van der Waals surface area contributed by atoms with Gasteiger partial charge in [-0.2, -0.15) is 0 Å². The van der Waals surface area contributed by atoms with Crippen LogP contribution in [0.3, 0.4) is 0 Å². The molecule has 230 valence electrons. The van der Waals surface area contributed by atoms with E-state index in [0.29, 0.717) is 0 Å². The predicted molar refractivity (Wildman–Crippen MR) is 204 cm³/mol. The molecule has 3 heteroatoms. The van der Waals surface area contributed by atoms with Crippen molar-refractivity contribution in [2.45, 2.75) is 0 Å². The van der Waals surface area contributed by atoms with E-state index in [0.717, 1.165) is 88.6 Å². The third-order valence-corrected chi connectivity index (χ3v) is 9.68. The lowest BCUT2D eigenvalue weighted by Crippen LogP contribution is -2.11. The van der Waals surface area contributed by atoms with E-state index in [1.807, 2.05) is 12.1 Å². The van der Waals surface area contributed by atoms with Crippen LogP contribution in [-0.2, 0) is 0 Å². The standard InChI is InChI=1S/C46H29NO2/c1-2-11-31(12-3-1)35-14-6-8-18-41(35)47(42-19-10-17-39-40-28-23-32-13-4-5-15-36(32)45(40)49-46(39)42)34-25-21-30(22-26-34)33-24-27-38-37-16-7-9-20-43(37)48-44(38)29-33/h1-29H. The zero-order chi connectivity index (χ0) is 32.3. The molecule has 3 nitrogen and oxygen atoms in total. The van der Waals surface area contributed by atoms with Gasteiger partial charge in [-0.05, 0) is 70.6 Å². The van der Waals surface area contributed by atoms with Crippen LogP contribution in [-0.4, -0.2) is 0 Å². The Kier molecular flexibility index (Phi) is 6.18. The molecule has 10 rings (SSSR count). The average molecular weight is 628 g/mol. The second kappa shape index (κ2) is 11.0. The SMILES string of the molecule is c1ccc(-c2ccccc2N(c2ccc(-c3ccc4c(c3)oc3ccccc34)cc2)c2cccc3c2oc2c4ccccc4ccc32)cc1. The molecule has 49 heavy (non-hydrogen) atoms. The van der Waals surface area contributed by atoms with Crippen molar-refractivity contribution in [3.63, 3.8) is 0 Å². The van der Waals surface area contributed by atoms with E-state index in [1.54, 1.807) is 0 Å². The number of fused-ring (bicyclic) bond motifs is 8. The lowest BCUT2D eigenvalue weighted by atomic mass is 10.00. The van der Waals surface area contributed by atoms with Crippen LogP contribution < -0.4 is 4.90 Å². The second-order valence-corrected chi connectivity index (χ2v) is 12.5. The lowest BCUT2D eigenvalue weighted by Gasteiger charge is -2.28.